The highest BCUT2D eigenvalue weighted by Gasteiger charge is 2.35. The first-order valence-corrected chi connectivity index (χ1v) is 12.9. The molecule has 2 atom stereocenters. The Kier molecular flexibility index (Phi) is 7.60. The lowest BCUT2D eigenvalue weighted by atomic mass is 10.2. The molecule has 0 bridgehead atoms. The molecule has 0 amide bonds. The lowest BCUT2D eigenvalue weighted by Crippen LogP contribution is -2.33. The van der Waals surface area contributed by atoms with Gasteiger partial charge in [0, 0.05) is 32.6 Å². The summed E-state index contributed by atoms with van der Waals surface area (Å²) in [4.78, 5) is 12.8. The molecule has 3 aromatic heterocycles. The van der Waals surface area contributed by atoms with Crippen molar-refractivity contribution in [2.45, 2.75) is 25.2 Å². The van der Waals surface area contributed by atoms with Gasteiger partial charge in [-0.3, -0.25) is 9.29 Å². The third kappa shape index (κ3) is 5.15. The number of anilines is 2. The van der Waals surface area contributed by atoms with Gasteiger partial charge in [-0.1, -0.05) is 12.1 Å². The Morgan fingerprint density at radius 2 is 1.89 bits per heavy atom. The zero-order valence-corrected chi connectivity index (χ0v) is 22.1. The third-order valence-electron chi connectivity index (χ3n) is 5.64. The van der Waals surface area contributed by atoms with Crippen LogP contribution in [0.4, 0.5) is 11.8 Å². The SMILES string of the molecule is CNc1cc#cc(-c2nnc(NS(=O)(=O)[C@@H](C)[C@H](OC)c3ncc(C)cn3)n2-c2c(O)cccc2OC)n1. The zero-order valence-electron chi connectivity index (χ0n) is 21.3. The predicted octanol–water partition coefficient (Wildman–Crippen LogP) is 2.30. The van der Waals surface area contributed by atoms with E-state index in [2.05, 4.69) is 47.3 Å². The molecule has 0 fully saturated rings. The Bertz CT molecular complexity index is 1530. The van der Waals surface area contributed by atoms with Crippen LogP contribution < -0.4 is 14.8 Å². The molecule has 198 valence electrons. The fraction of sp³-hybridized carbons (Fsp3) is 0.292. The van der Waals surface area contributed by atoms with E-state index in [1.807, 2.05) is 6.92 Å². The van der Waals surface area contributed by atoms with E-state index in [-0.39, 0.29) is 40.5 Å². The molecular formula is C24H26N8O5S. The number of rotatable bonds is 10. The predicted molar refractivity (Wildman–Crippen MR) is 139 cm³/mol. The molecule has 4 rings (SSSR count). The number of benzene rings is 1. The number of sulfonamides is 1. The average molecular weight is 539 g/mol. The minimum Gasteiger partial charge on any atom is -0.506 e. The number of aryl methyl sites for hydroxylation is 1. The number of aromatic hydroxyl groups is 1. The highest BCUT2D eigenvalue weighted by Crippen LogP contribution is 2.37. The van der Waals surface area contributed by atoms with E-state index in [1.54, 1.807) is 37.6 Å². The van der Waals surface area contributed by atoms with E-state index in [9.17, 15) is 13.5 Å². The van der Waals surface area contributed by atoms with Crippen LogP contribution in [0.3, 0.4) is 0 Å². The number of para-hydroxylation sites is 1. The molecule has 4 aromatic rings. The van der Waals surface area contributed by atoms with Gasteiger partial charge in [-0.25, -0.2) is 23.4 Å². The van der Waals surface area contributed by atoms with Crippen LogP contribution in [0.15, 0.2) is 36.7 Å². The first kappa shape index (κ1) is 26.6. The van der Waals surface area contributed by atoms with Crippen molar-refractivity contribution in [2.24, 2.45) is 0 Å². The number of methoxy groups -OCH3 is 2. The largest absolute Gasteiger partial charge is 0.506 e. The number of hydrogen-bond acceptors (Lipinski definition) is 11. The summed E-state index contributed by atoms with van der Waals surface area (Å²) in [7, 11) is 0.294. The second kappa shape index (κ2) is 10.9. The van der Waals surface area contributed by atoms with Gasteiger partial charge in [0.25, 0.3) is 0 Å². The second-order valence-electron chi connectivity index (χ2n) is 8.15. The molecule has 0 aliphatic rings. The van der Waals surface area contributed by atoms with E-state index in [0.717, 1.165) is 5.56 Å². The Hall–Kier alpha value is -4.48. The summed E-state index contributed by atoms with van der Waals surface area (Å²) < 4.78 is 41.8. The minimum atomic E-state index is -4.18. The van der Waals surface area contributed by atoms with Gasteiger partial charge in [0.1, 0.15) is 34.4 Å². The molecule has 0 aliphatic heterocycles. The lowest BCUT2D eigenvalue weighted by Gasteiger charge is -2.22. The average Bonchev–Trinajstić information content (AvgIpc) is 3.32. The van der Waals surface area contributed by atoms with Crippen LogP contribution in [-0.2, 0) is 14.8 Å². The molecule has 3 heterocycles. The van der Waals surface area contributed by atoms with Crippen molar-refractivity contribution in [3.8, 4) is 28.7 Å². The van der Waals surface area contributed by atoms with Crippen LogP contribution in [0.5, 0.6) is 11.5 Å². The van der Waals surface area contributed by atoms with Crippen LogP contribution in [0.1, 0.15) is 24.4 Å². The van der Waals surface area contributed by atoms with Gasteiger partial charge in [-0.05, 0) is 37.6 Å². The number of ether oxygens (including phenoxy) is 2. The molecule has 1 aromatic carbocycles. The maximum Gasteiger partial charge on any atom is 0.243 e. The maximum atomic E-state index is 13.5. The van der Waals surface area contributed by atoms with E-state index < -0.39 is 21.4 Å². The van der Waals surface area contributed by atoms with Crippen LogP contribution in [0.2, 0.25) is 0 Å². The van der Waals surface area contributed by atoms with Crippen LogP contribution in [0.25, 0.3) is 17.2 Å². The summed E-state index contributed by atoms with van der Waals surface area (Å²) in [5.74, 6) is 0.546. The van der Waals surface area contributed by atoms with Crippen molar-refractivity contribution in [3.63, 3.8) is 0 Å². The molecule has 0 spiro atoms. The Morgan fingerprint density at radius 3 is 2.55 bits per heavy atom. The number of hydrogen-bond donors (Lipinski definition) is 3. The molecule has 3 N–H and O–H groups in total. The Labute approximate surface area is 220 Å². The summed E-state index contributed by atoms with van der Waals surface area (Å²) in [5.41, 5.74) is 1.10. The first-order valence-electron chi connectivity index (χ1n) is 11.3. The normalized spacial score (nSPS) is 12.9. The van der Waals surface area contributed by atoms with Gasteiger partial charge in [0.15, 0.2) is 17.3 Å². The summed E-state index contributed by atoms with van der Waals surface area (Å²) in [6, 6.07) is 11.9. The van der Waals surface area contributed by atoms with E-state index in [0.29, 0.717) is 5.82 Å². The van der Waals surface area contributed by atoms with Crippen LogP contribution in [-0.4, -0.2) is 69.8 Å². The van der Waals surface area contributed by atoms with E-state index >= 15 is 0 Å². The third-order valence-corrected chi connectivity index (χ3v) is 7.34. The Balaban J connectivity index is 1.83. The van der Waals surface area contributed by atoms with Crippen LogP contribution >= 0.6 is 0 Å². The van der Waals surface area contributed by atoms with Crippen molar-refractivity contribution in [2.75, 3.05) is 31.3 Å². The summed E-state index contributed by atoms with van der Waals surface area (Å²) in [6.45, 7) is 3.28. The summed E-state index contributed by atoms with van der Waals surface area (Å²) in [5, 5.41) is 20.7. The standard InChI is InChI=1S/C24H26N8O5S/c1-14-12-26-22(27-13-14)21(37-5)15(2)38(34,35)31-24-30-29-23(16-8-6-11-19(25-3)28-16)32(24)20-17(33)9-7-10-18(20)36-4/h7,9-13,15,21,33H,1-5H3,(H,25,28)(H,30,31)/t15-,21-/m0/s1. The molecule has 0 saturated carbocycles. The van der Waals surface area contributed by atoms with Crippen molar-refractivity contribution < 1.29 is 23.0 Å². The topological polar surface area (TPSA) is 166 Å². The van der Waals surface area contributed by atoms with Gasteiger partial charge in [-0.2, -0.15) is 0 Å². The lowest BCUT2D eigenvalue weighted by molar-refractivity contribution is 0.0949. The fourth-order valence-electron chi connectivity index (χ4n) is 3.64. The number of aromatic nitrogens is 6. The van der Waals surface area contributed by atoms with Crippen molar-refractivity contribution in [1.82, 2.24) is 29.7 Å². The molecule has 0 radical (unpaired) electrons. The van der Waals surface area contributed by atoms with E-state index in [1.165, 1.54) is 31.8 Å². The molecule has 0 saturated heterocycles. The second-order valence-corrected chi connectivity index (χ2v) is 10.2. The fourth-order valence-corrected chi connectivity index (χ4v) is 4.77. The summed E-state index contributed by atoms with van der Waals surface area (Å²) in [6.07, 6.45) is 2.17. The number of phenolic OH excluding ortho intramolecular Hbond substituents is 1. The zero-order chi connectivity index (χ0) is 27.4. The van der Waals surface area contributed by atoms with Crippen molar-refractivity contribution in [1.29, 1.82) is 0 Å². The minimum absolute atomic E-state index is 0.0775. The van der Waals surface area contributed by atoms with Crippen molar-refractivity contribution >= 4 is 21.8 Å². The molecule has 0 unspecified atom stereocenters. The number of nitrogens with zero attached hydrogens (tertiary/aromatic N) is 6. The van der Waals surface area contributed by atoms with Crippen LogP contribution in [0, 0.1) is 19.1 Å². The highest BCUT2D eigenvalue weighted by molar-refractivity contribution is 7.93. The first-order chi connectivity index (χ1) is 18.2. The molecule has 14 heteroatoms. The van der Waals surface area contributed by atoms with Gasteiger partial charge in [-0.15, -0.1) is 10.2 Å². The summed E-state index contributed by atoms with van der Waals surface area (Å²) >= 11 is 0. The molecular weight excluding hydrogens is 512 g/mol. The van der Waals surface area contributed by atoms with Crippen molar-refractivity contribution in [3.05, 3.63) is 60.2 Å². The van der Waals surface area contributed by atoms with Gasteiger partial charge < -0.3 is 19.9 Å². The molecule has 38 heavy (non-hydrogen) atoms. The van der Waals surface area contributed by atoms with Gasteiger partial charge in [0.05, 0.1) is 7.11 Å². The Morgan fingerprint density at radius 1 is 1.16 bits per heavy atom. The number of nitrogens with one attached hydrogen (secondary N) is 2. The number of phenols is 1. The smallest absolute Gasteiger partial charge is 0.243 e. The molecule has 13 nitrogen and oxygen atoms in total. The molecule has 0 aliphatic carbocycles. The maximum absolute atomic E-state index is 13.5. The highest BCUT2D eigenvalue weighted by atomic mass is 32.2. The quantitative estimate of drug-likeness (QED) is 0.271. The monoisotopic (exact) mass is 538 g/mol. The van der Waals surface area contributed by atoms with Gasteiger partial charge >= 0.3 is 0 Å². The van der Waals surface area contributed by atoms with E-state index in [4.69, 9.17) is 9.47 Å². The van der Waals surface area contributed by atoms with Gasteiger partial charge in [0.2, 0.25) is 16.0 Å².